The smallest absolute Gasteiger partial charge is 0.275 e. The minimum Gasteiger partial charge on any atom is -0.488 e. The number of amides is 1. The third kappa shape index (κ3) is 4.87. The second-order valence-corrected chi connectivity index (χ2v) is 5.70. The van der Waals surface area contributed by atoms with Crippen LogP contribution < -0.4 is 20.7 Å². The third-order valence-electron chi connectivity index (χ3n) is 3.78. The molecule has 0 saturated carbocycles. The molecule has 1 saturated heterocycles. The lowest BCUT2D eigenvalue weighted by molar-refractivity contribution is -0.0000825. The summed E-state index contributed by atoms with van der Waals surface area (Å²) in [7, 11) is 1.51. The molecule has 10 nitrogen and oxygen atoms in total. The van der Waals surface area contributed by atoms with Crippen LogP contribution >= 0.6 is 0 Å². The highest BCUT2D eigenvalue weighted by Gasteiger charge is 2.19. The number of nitriles is 1. The second kappa shape index (κ2) is 8.88. The molecule has 3 rings (SSSR count). The van der Waals surface area contributed by atoms with Gasteiger partial charge in [-0.1, -0.05) is 0 Å². The lowest BCUT2D eigenvalue weighted by atomic mass is 10.3. The van der Waals surface area contributed by atoms with Crippen LogP contribution in [0.25, 0.3) is 0 Å². The van der Waals surface area contributed by atoms with E-state index < -0.39 is 5.91 Å². The maximum absolute atomic E-state index is 12.0. The summed E-state index contributed by atoms with van der Waals surface area (Å²) in [6.07, 6.45) is 1.33. The minimum atomic E-state index is -0.400. The average Bonchev–Trinajstić information content (AvgIpc) is 2.73. The van der Waals surface area contributed by atoms with Gasteiger partial charge >= 0.3 is 0 Å². The fraction of sp³-hybridized carbons (Fsp3) is 0.353. The molecule has 1 atom stereocenters. The first-order valence-corrected chi connectivity index (χ1v) is 8.37. The Hall–Kier alpha value is -3.29. The molecular weight excluding hydrogens is 350 g/mol. The quantitative estimate of drug-likeness (QED) is 0.653. The van der Waals surface area contributed by atoms with Crippen molar-refractivity contribution in [3.8, 4) is 11.8 Å². The Balaban J connectivity index is 1.76. The van der Waals surface area contributed by atoms with Crippen molar-refractivity contribution in [3.63, 3.8) is 0 Å². The largest absolute Gasteiger partial charge is 0.488 e. The van der Waals surface area contributed by atoms with Crippen molar-refractivity contribution < 1.29 is 14.3 Å². The van der Waals surface area contributed by atoms with E-state index in [0.717, 1.165) is 6.54 Å². The molecule has 1 aliphatic heterocycles. The normalized spacial score (nSPS) is 16.2. The molecule has 1 fully saturated rings. The number of hydrogen-bond acceptors (Lipinski definition) is 9. The molecule has 27 heavy (non-hydrogen) atoms. The molecule has 1 amide bonds. The van der Waals surface area contributed by atoms with Gasteiger partial charge in [-0.25, -0.2) is 4.98 Å². The lowest BCUT2D eigenvalue weighted by Gasteiger charge is -2.23. The van der Waals surface area contributed by atoms with Gasteiger partial charge in [0.1, 0.15) is 24.6 Å². The van der Waals surface area contributed by atoms with E-state index in [0.29, 0.717) is 30.4 Å². The van der Waals surface area contributed by atoms with Crippen LogP contribution in [-0.2, 0) is 4.74 Å². The molecule has 0 aliphatic carbocycles. The van der Waals surface area contributed by atoms with Gasteiger partial charge in [-0.05, 0) is 12.1 Å². The van der Waals surface area contributed by atoms with Gasteiger partial charge in [-0.15, -0.1) is 10.2 Å². The number of aromatic nitrogens is 3. The van der Waals surface area contributed by atoms with Crippen molar-refractivity contribution >= 4 is 17.5 Å². The van der Waals surface area contributed by atoms with E-state index in [-0.39, 0.29) is 24.2 Å². The predicted molar refractivity (Wildman–Crippen MR) is 95.8 cm³/mol. The van der Waals surface area contributed by atoms with Crippen LogP contribution in [0.4, 0.5) is 11.6 Å². The molecule has 0 radical (unpaired) electrons. The van der Waals surface area contributed by atoms with Gasteiger partial charge in [-0.3, -0.25) is 4.79 Å². The zero-order chi connectivity index (χ0) is 19.1. The fourth-order valence-corrected chi connectivity index (χ4v) is 2.40. The Morgan fingerprint density at radius 1 is 1.44 bits per heavy atom. The summed E-state index contributed by atoms with van der Waals surface area (Å²) < 4.78 is 11.4. The van der Waals surface area contributed by atoms with E-state index >= 15 is 0 Å². The van der Waals surface area contributed by atoms with Crippen LogP contribution in [0.15, 0.2) is 24.4 Å². The van der Waals surface area contributed by atoms with E-state index in [2.05, 4.69) is 31.1 Å². The van der Waals surface area contributed by atoms with E-state index in [9.17, 15) is 4.79 Å². The molecule has 0 spiro atoms. The number of pyridine rings is 1. The van der Waals surface area contributed by atoms with Crippen LogP contribution in [0.3, 0.4) is 0 Å². The first kappa shape index (κ1) is 18.5. The number of morpholine rings is 1. The molecule has 0 bridgehead atoms. The van der Waals surface area contributed by atoms with E-state index in [4.69, 9.17) is 14.7 Å². The molecular formula is C17H19N7O3. The standard InChI is InChI=1S/C17H19N7O3/c1-19-17(25)16-13(27-10-12-9-20-4-5-26-12)6-15(23-24-16)22-14-3-2-11(7-18)8-21-14/h2-3,6,8,12,20H,4-5,9-10H2,1H3,(H,19,25)(H,21,22,23)/t12-/m0/s1. The summed E-state index contributed by atoms with van der Waals surface area (Å²) in [5.41, 5.74) is 0.534. The summed E-state index contributed by atoms with van der Waals surface area (Å²) >= 11 is 0. The molecule has 3 N–H and O–H groups in total. The van der Waals surface area contributed by atoms with E-state index in [1.165, 1.54) is 13.2 Å². The number of carbonyl (C=O) groups is 1. The topological polar surface area (TPSA) is 134 Å². The summed E-state index contributed by atoms with van der Waals surface area (Å²) in [6, 6.07) is 6.86. The number of carbonyl (C=O) groups excluding carboxylic acids is 1. The van der Waals surface area contributed by atoms with Crippen LogP contribution in [0, 0.1) is 11.3 Å². The zero-order valence-corrected chi connectivity index (χ0v) is 14.7. The summed E-state index contributed by atoms with van der Waals surface area (Å²) in [5.74, 6) is 0.734. The molecule has 2 aromatic rings. The molecule has 10 heteroatoms. The maximum atomic E-state index is 12.0. The molecule has 3 heterocycles. The number of nitrogens with zero attached hydrogens (tertiary/aromatic N) is 4. The van der Waals surface area contributed by atoms with Gasteiger partial charge in [0.2, 0.25) is 0 Å². The van der Waals surface area contributed by atoms with Gasteiger partial charge < -0.3 is 25.4 Å². The van der Waals surface area contributed by atoms with Crippen LogP contribution in [0.5, 0.6) is 5.75 Å². The van der Waals surface area contributed by atoms with Gasteiger partial charge in [0.15, 0.2) is 17.3 Å². The van der Waals surface area contributed by atoms with Gasteiger partial charge in [0.25, 0.3) is 5.91 Å². The Morgan fingerprint density at radius 3 is 3.00 bits per heavy atom. The summed E-state index contributed by atoms with van der Waals surface area (Å²) in [6.45, 7) is 2.37. The first-order valence-electron chi connectivity index (χ1n) is 8.37. The highest BCUT2D eigenvalue weighted by atomic mass is 16.5. The van der Waals surface area contributed by atoms with Gasteiger partial charge in [0.05, 0.1) is 12.2 Å². The van der Waals surface area contributed by atoms with Crippen molar-refractivity contribution in [1.82, 2.24) is 25.8 Å². The number of nitrogens with one attached hydrogen (secondary N) is 3. The lowest BCUT2D eigenvalue weighted by Crippen LogP contribution is -2.41. The van der Waals surface area contributed by atoms with Crippen molar-refractivity contribution in [1.29, 1.82) is 5.26 Å². The number of anilines is 2. The van der Waals surface area contributed by atoms with Crippen molar-refractivity contribution in [3.05, 3.63) is 35.7 Å². The van der Waals surface area contributed by atoms with Crippen molar-refractivity contribution in [2.24, 2.45) is 0 Å². The van der Waals surface area contributed by atoms with E-state index in [1.807, 2.05) is 6.07 Å². The zero-order valence-electron chi connectivity index (χ0n) is 14.7. The first-order chi connectivity index (χ1) is 13.2. The maximum Gasteiger partial charge on any atom is 0.275 e. The van der Waals surface area contributed by atoms with Crippen LogP contribution in [0.1, 0.15) is 16.1 Å². The second-order valence-electron chi connectivity index (χ2n) is 5.70. The Bertz CT molecular complexity index is 829. The molecule has 1 aliphatic rings. The van der Waals surface area contributed by atoms with Crippen LogP contribution in [-0.4, -0.2) is 60.5 Å². The number of ether oxygens (including phenoxy) is 2. The molecule has 0 unspecified atom stereocenters. The van der Waals surface area contributed by atoms with Crippen LogP contribution in [0.2, 0.25) is 0 Å². The molecule has 140 valence electrons. The summed E-state index contributed by atoms with van der Waals surface area (Å²) in [4.78, 5) is 16.1. The average molecular weight is 369 g/mol. The molecule has 0 aromatic carbocycles. The molecule has 2 aromatic heterocycles. The van der Waals surface area contributed by atoms with Crippen molar-refractivity contribution in [2.75, 3.05) is 38.7 Å². The predicted octanol–water partition coefficient (Wildman–Crippen LogP) is 0.214. The third-order valence-corrected chi connectivity index (χ3v) is 3.78. The SMILES string of the molecule is CNC(=O)c1nnc(Nc2ccc(C#N)cn2)cc1OC[C@@H]1CNCCO1. The highest BCUT2D eigenvalue weighted by Crippen LogP contribution is 2.22. The van der Waals surface area contributed by atoms with Gasteiger partial charge in [0, 0.05) is 32.4 Å². The van der Waals surface area contributed by atoms with Crippen molar-refractivity contribution in [2.45, 2.75) is 6.10 Å². The Labute approximate surface area is 155 Å². The van der Waals surface area contributed by atoms with E-state index in [1.54, 1.807) is 18.2 Å². The monoisotopic (exact) mass is 369 g/mol. The number of rotatable bonds is 6. The fourth-order valence-electron chi connectivity index (χ4n) is 2.40. The minimum absolute atomic E-state index is 0.0830. The Kier molecular flexibility index (Phi) is 6.09. The number of hydrogen-bond donors (Lipinski definition) is 3. The highest BCUT2D eigenvalue weighted by molar-refractivity contribution is 5.94. The van der Waals surface area contributed by atoms with Gasteiger partial charge in [-0.2, -0.15) is 5.26 Å². The Morgan fingerprint density at radius 2 is 2.33 bits per heavy atom. The summed E-state index contributed by atoms with van der Waals surface area (Å²) in [5, 5.41) is 25.5.